The molecule has 2 aromatic rings. The van der Waals surface area contributed by atoms with Crippen molar-refractivity contribution in [2.75, 3.05) is 0 Å². The standard InChI is InChI=1S/C33H31FO7/c1-16(2)25-27(37)23(17(3)35)29(39)33(41)30(40)26-28(38)24-20(14-31(26,4)15-32(25,33)5)18(12-13-22(24)36)10-11-19-8-6-7-9-21(19)34/h6-9,12-13,16,25,36-37,40-41H,14-15H2,1-5H3/t25?,31-,32-,33+/m1/s1. The molecular weight excluding hydrogens is 527 g/mol. The number of aliphatic hydroxyl groups is 3. The van der Waals surface area contributed by atoms with Crippen molar-refractivity contribution in [3.05, 3.63) is 87.1 Å². The van der Waals surface area contributed by atoms with E-state index in [2.05, 4.69) is 11.8 Å². The third kappa shape index (κ3) is 3.72. The lowest BCUT2D eigenvalue weighted by molar-refractivity contribution is -0.171. The maximum absolute atomic E-state index is 14.2. The van der Waals surface area contributed by atoms with Crippen molar-refractivity contribution in [2.24, 2.45) is 22.7 Å². The highest BCUT2D eigenvalue weighted by atomic mass is 19.1. The van der Waals surface area contributed by atoms with Crippen molar-refractivity contribution in [1.29, 1.82) is 0 Å². The Labute approximate surface area is 237 Å². The van der Waals surface area contributed by atoms with E-state index in [0.29, 0.717) is 11.1 Å². The van der Waals surface area contributed by atoms with Crippen molar-refractivity contribution in [2.45, 2.75) is 53.1 Å². The largest absolute Gasteiger partial charge is 0.511 e. The predicted molar refractivity (Wildman–Crippen MR) is 148 cm³/mol. The lowest BCUT2D eigenvalue weighted by Crippen LogP contribution is -2.67. The molecule has 0 amide bonds. The van der Waals surface area contributed by atoms with Crippen LogP contribution in [0.4, 0.5) is 4.39 Å². The molecule has 0 fully saturated rings. The number of ketones is 3. The third-order valence-corrected chi connectivity index (χ3v) is 9.10. The molecule has 0 aromatic heterocycles. The molecule has 3 aliphatic carbocycles. The van der Waals surface area contributed by atoms with Crippen LogP contribution in [0.3, 0.4) is 0 Å². The Morgan fingerprint density at radius 1 is 1.02 bits per heavy atom. The van der Waals surface area contributed by atoms with Gasteiger partial charge >= 0.3 is 0 Å². The molecule has 7 nitrogen and oxygen atoms in total. The van der Waals surface area contributed by atoms with E-state index in [1.165, 1.54) is 24.3 Å². The molecule has 0 aliphatic heterocycles. The van der Waals surface area contributed by atoms with Gasteiger partial charge in [-0.1, -0.05) is 51.7 Å². The number of Topliss-reactive ketones (excluding diaryl/α,β-unsaturated/α-hetero) is 3. The number of phenols is 1. The lowest BCUT2D eigenvalue weighted by Gasteiger charge is -2.59. The van der Waals surface area contributed by atoms with Crippen LogP contribution in [-0.4, -0.2) is 43.4 Å². The van der Waals surface area contributed by atoms with Gasteiger partial charge in [-0.15, -0.1) is 0 Å². The van der Waals surface area contributed by atoms with Crippen LogP contribution >= 0.6 is 0 Å². The molecule has 212 valence electrons. The first kappa shape index (κ1) is 28.3. The summed E-state index contributed by atoms with van der Waals surface area (Å²) in [5, 5.41) is 45.8. The van der Waals surface area contributed by atoms with Gasteiger partial charge in [0.1, 0.15) is 28.7 Å². The summed E-state index contributed by atoms with van der Waals surface area (Å²) in [6.07, 6.45) is 0.0542. The molecule has 41 heavy (non-hydrogen) atoms. The lowest BCUT2D eigenvalue weighted by atomic mass is 9.44. The van der Waals surface area contributed by atoms with E-state index < -0.39 is 62.6 Å². The van der Waals surface area contributed by atoms with Gasteiger partial charge in [-0.25, -0.2) is 4.39 Å². The van der Waals surface area contributed by atoms with E-state index in [0.717, 1.165) is 6.92 Å². The highest BCUT2D eigenvalue weighted by molar-refractivity contribution is 6.25. The molecule has 3 aliphatic rings. The van der Waals surface area contributed by atoms with Gasteiger partial charge in [-0.05, 0) is 55.5 Å². The van der Waals surface area contributed by atoms with E-state index >= 15 is 0 Å². The van der Waals surface area contributed by atoms with Crippen LogP contribution in [0.2, 0.25) is 0 Å². The number of allylic oxidation sites excluding steroid dienone is 2. The fraction of sp³-hybridized carbons (Fsp3) is 0.364. The molecule has 1 unspecified atom stereocenters. The quantitative estimate of drug-likeness (QED) is 0.305. The molecular formula is C33H31FO7. The Morgan fingerprint density at radius 3 is 2.27 bits per heavy atom. The Bertz CT molecular complexity index is 1690. The third-order valence-electron chi connectivity index (χ3n) is 9.10. The van der Waals surface area contributed by atoms with Crippen LogP contribution in [0.25, 0.3) is 0 Å². The van der Waals surface area contributed by atoms with E-state index in [1.807, 2.05) is 0 Å². The highest BCUT2D eigenvalue weighted by Crippen LogP contribution is 2.65. The van der Waals surface area contributed by atoms with Crippen LogP contribution in [0, 0.1) is 40.3 Å². The SMILES string of the molecule is CC(=O)C1=C(O)C(C(C)C)[C@@]2(C)C[C@@]3(C)Cc4c(C#Cc5ccccc5F)ccc(O)c4C(=O)C3=C(O)[C@@]2(O)C1=O. The second-order valence-electron chi connectivity index (χ2n) is 12.2. The van der Waals surface area contributed by atoms with Gasteiger partial charge in [0.2, 0.25) is 5.78 Å². The van der Waals surface area contributed by atoms with Crippen LogP contribution in [0.15, 0.2) is 59.1 Å². The van der Waals surface area contributed by atoms with E-state index in [1.54, 1.807) is 39.8 Å². The molecule has 4 atom stereocenters. The number of carbonyl (C=O) groups is 3. The average molecular weight is 559 g/mol. The first-order valence-corrected chi connectivity index (χ1v) is 13.4. The summed E-state index contributed by atoms with van der Waals surface area (Å²) in [5.41, 5.74) is -5.41. The Kier molecular flexibility index (Phi) is 6.32. The fourth-order valence-electron chi connectivity index (χ4n) is 7.55. The minimum absolute atomic E-state index is 0.0270. The van der Waals surface area contributed by atoms with Gasteiger partial charge < -0.3 is 20.4 Å². The van der Waals surface area contributed by atoms with Crippen molar-refractivity contribution >= 4 is 17.3 Å². The molecule has 0 saturated carbocycles. The van der Waals surface area contributed by atoms with Gasteiger partial charge in [0, 0.05) is 27.9 Å². The second kappa shape index (κ2) is 9.15. The normalized spacial score (nSPS) is 29.0. The van der Waals surface area contributed by atoms with Gasteiger partial charge in [-0.2, -0.15) is 0 Å². The van der Waals surface area contributed by atoms with Crippen LogP contribution in [0.1, 0.15) is 68.1 Å². The maximum Gasteiger partial charge on any atom is 0.209 e. The Balaban J connectivity index is 1.76. The van der Waals surface area contributed by atoms with Gasteiger partial charge in [0.15, 0.2) is 17.2 Å². The zero-order valence-corrected chi connectivity index (χ0v) is 23.4. The van der Waals surface area contributed by atoms with E-state index in [-0.39, 0.29) is 41.2 Å². The van der Waals surface area contributed by atoms with Gasteiger partial charge in [0.05, 0.1) is 11.1 Å². The number of phenolic OH excluding ortho intramolecular Hbond substituents is 1. The Hall–Kier alpha value is -4.22. The number of benzene rings is 2. The minimum Gasteiger partial charge on any atom is -0.511 e. The predicted octanol–water partition coefficient (Wildman–Crippen LogP) is 4.89. The zero-order valence-electron chi connectivity index (χ0n) is 23.4. The summed E-state index contributed by atoms with van der Waals surface area (Å²) >= 11 is 0. The maximum atomic E-state index is 14.2. The molecule has 0 saturated heterocycles. The summed E-state index contributed by atoms with van der Waals surface area (Å²) in [6, 6.07) is 8.79. The molecule has 2 aromatic carbocycles. The number of fused-ring (bicyclic) bond motifs is 3. The number of hydrogen-bond donors (Lipinski definition) is 4. The molecule has 0 heterocycles. The van der Waals surface area contributed by atoms with E-state index in [4.69, 9.17) is 0 Å². The average Bonchev–Trinajstić information content (AvgIpc) is 2.86. The Morgan fingerprint density at radius 2 is 1.66 bits per heavy atom. The van der Waals surface area contributed by atoms with E-state index in [9.17, 15) is 39.2 Å². The van der Waals surface area contributed by atoms with Crippen LogP contribution in [0.5, 0.6) is 5.75 Å². The molecule has 0 bridgehead atoms. The second-order valence-corrected chi connectivity index (χ2v) is 12.2. The number of aliphatic hydroxyl groups excluding tert-OH is 2. The smallest absolute Gasteiger partial charge is 0.209 e. The molecule has 0 radical (unpaired) electrons. The van der Waals surface area contributed by atoms with Crippen LogP contribution < -0.4 is 0 Å². The fourth-order valence-corrected chi connectivity index (χ4v) is 7.55. The van der Waals surface area contributed by atoms with Gasteiger partial charge in [0.25, 0.3) is 0 Å². The summed E-state index contributed by atoms with van der Waals surface area (Å²) in [7, 11) is 0. The van der Waals surface area contributed by atoms with Crippen molar-refractivity contribution in [3.63, 3.8) is 0 Å². The topological polar surface area (TPSA) is 132 Å². The summed E-state index contributed by atoms with van der Waals surface area (Å²) in [5.74, 6) is -0.516. The first-order valence-electron chi connectivity index (χ1n) is 13.4. The number of hydrogen-bond acceptors (Lipinski definition) is 7. The summed E-state index contributed by atoms with van der Waals surface area (Å²) in [4.78, 5) is 40.3. The van der Waals surface area contributed by atoms with Crippen LogP contribution in [-0.2, 0) is 16.0 Å². The minimum atomic E-state index is -2.67. The van der Waals surface area contributed by atoms with Crippen molar-refractivity contribution in [1.82, 2.24) is 0 Å². The molecule has 8 heteroatoms. The molecule has 5 rings (SSSR count). The monoisotopic (exact) mass is 558 g/mol. The van der Waals surface area contributed by atoms with Crippen molar-refractivity contribution < 1.29 is 39.2 Å². The zero-order chi connectivity index (χ0) is 30.2. The number of rotatable bonds is 2. The van der Waals surface area contributed by atoms with Crippen molar-refractivity contribution in [3.8, 4) is 17.6 Å². The highest BCUT2D eigenvalue weighted by Gasteiger charge is 2.71. The molecule has 4 N–H and O–H groups in total. The summed E-state index contributed by atoms with van der Waals surface area (Å²) in [6.45, 7) is 7.92. The number of aromatic hydroxyl groups is 1. The summed E-state index contributed by atoms with van der Waals surface area (Å²) < 4.78 is 14.2. The number of carbonyl (C=O) groups excluding carboxylic acids is 3. The number of halogens is 1. The molecule has 0 spiro atoms. The first-order chi connectivity index (χ1) is 19.1. The van der Waals surface area contributed by atoms with Gasteiger partial charge in [-0.3, -0.25) is 14.4 Å².